The van der Waals surface area contributed by atoms with Crippen LogP contribution >= 0.6 is 0 Å². The molecule has 2 atom stereocenters. The van der Waals surface area contributed by atoms with Crippen LogP contribution in [-0.2, 0) is 24.2 Å². The first-order chi connectivity index (χ1) is 6.31. The maximum Gasteiger partial charge on any atom is 0.398 e. The van der Waals surface area contributed by atoms with Gasteiger partial charge in [-0.1, -0.05) is 0 Å². The first-order valence-corrected chi connectivity index (χ1v) is 4.62. The van der Waals surface area contributed by atoms with Crippen LogP contribution < -0.4 is 0 Å². The largest absolute Gasteiger partial charge is 0.398 e. The van der Waals surface area contributed by atoms with Crippen molar-refractivity contribution in [2.24, 2.45) is 0 Å². The van der Waals surface area contributed by atoms with Crippen LogP contribution in [0.2, 0.25) is 0 Å². The quantitative estimate of drug-likeness (QED) is 0.253. The van der Waals surface area contributed by atoms with E-state index in [1.807, 2.05) is 0 Å². The molecule has 0 rings (SSSR count). The van der Waals surface area contributed by atoms with E-state index < -0.39 is 35.0 Å². The van der Waals surface area contributed by atoms with Gasteiger partial charge in [0, 0.05) is 0 Å². The molecule has 0 fully saturated rings. The van der Waals surface area contributed by atoms with Gasteiger partial charge in [-0.15, -0.1) is 0 Å². The number of Topliss-reactive ketones (excluding diaryl/α,β-unsaturated/α-hetero) is 1. The van der Waals surface area contributed by atoms with Gasteiger partial charge in [0.15, 0.2) is 12.4 Å². The van der Waals surface area contributed by atoms with E-state index >= 15 is 0 Å². The zero-order valence-electron chi connectivity index (χ0n) is 6.73. The summed E-state index contributed by atoms with van der Waals surface area (Å²) >= 11 is 0. The van der Waals surface area contributed by atoms with Gasteiger partial charge in [0.2, 0.25) is 5.78 Å². The minimum absolute atomic E-state index is 0.227. The highest BCUT2D eigenvalue weighted by Gasteiger charge is 2.29. The lowest BCUT2D eigenvalue weighted by atomic mass is 10.1. The van der Waals surface area contributed by atoms with E-state index in [0.29, 0.717) is 0 Å². The molecule has 0 aliphatic carbocycles. The summed E-state index contributed by atoms with van der Waals surface area (Å²) in [5.41, 5.74) is 0. The summed E-state index contributed by atoms with van der Waals surface area (Å²) in [6, 6.07) is 0. The Morgan fingerprint density at radius 3 is 2.29 bits per heavy atom. The van der Waals surface area contributed by atoms with Crippen molar-refractivity contribution in [2.45, 2.75) is 12.2 Å². The number of aliphatic hydroxyl groups is 2. The SMILES string of the molecule is O=C[C@H](OS(=O)(=O)O)C(=O)[C@H](O)CO. The highest BCUT2D eigenvalue weighted by atomic mass is 32.3. The van der Waals surface area contributed by atoms with Crippen LogP contribution in [0.4, 0.5) is 0 Å². The van der Waals surface area contributed by atoms with Gasteiger partial charge in [0.1, 0.15) is 6.10 Å². The lowest BCUT2D eigenvalue weighted by molar-refractivity contribution is -0.139. The molecule has 0 unspecified atom stereocenters. The second kappa shape index (κ2) is 5.12. The Hall–Kier alpha value is -0.870. The maximum absolute atomic E-state index is 10.8. The van der Waals surface area contributed by atoms with Gasteiger partial charge in [0.05, 0.1) is 6.61 Å². The van der Waals surface area contributed by atoms with E-state index in [1.165, 1.54) is 0 Å². The number of hydrogen-bond acceptors (Lipinski definition) is 7. The van der Waals surface area contributed by atoms with Crippen LogP contribution in [0.3, 0.4) is 0 Å². The van der Waals surface area contributed by atoms with E-state index in [2.05, 4.69) is 4.18 Å². The van der Waals surface area contributed by atoms with Crippen molar-refractivity contribution in [3.63, 3.8) is 0 Å². The number of rotatable bonds is 6. The predicted molar refractivity (Wildman–Crippen MR) is 40.6 cm³/mol. The standard InChI is InChI=1S/C5H8O8S/c6-1-3(8)5(9)4(2-7)13-14(10,11)12/h2-4,6,8H,1H2,(H,10,11,12)/t3-,4+/m1/s1. The van der Waals surface area contributed by atoms with E-state index in [9.17, 15) is 18.0 Å². The van der Waals surface area contributed by atoms with Crippen LogP contribution in [0.25, 0.3) is 0 Å². The third-order valence-electron chi connectivity index (χ3n) is 1.13. The van der Waals surface area contributed by atoms with Gasteiger partial charge in [-0.3, -0.25) is 14.1 Å². The van der Waals surface area contributed by atoms with Gasteiger partial charge in [-0.25, -0.2) is 4.18 Å². The average molecular weight is 228 g/mol. The molecule has 8 nitrogen and oxygen atoms in total. The molecule has 0 saturated heterocycles. The van der Waals surface area contributed by atoms with E-state index in [0.717, 1.165) is 0 Å². The van der Waals surface area contributed by atoms with E-state index in [1.54, 1.807) is 0 Å². The van der Waals surface area contributed by atoms with Crippen LogP contribution in [0.15, 0.2) is 0 Å². The van der Waals surface area contributed by atoms with Gasteiger partial charge < -0.3 is 10.2 Å². The third kappa shape index (κ3) is 4.39. The van der Waals surface area contributed by atoms with Gasteiger partial charge in [0.25, 0.3) is 0 Å². The Morgan fingerprint density at radius 1 is 1.50 bits per heavy atom. The molecule has 0 aromatic carbocycles. The topological polar surface area (TPSA) is 138 Å². The molecular weight excluding hydrogens is 220 g/mol. The third-order valence-corrected chi connectivity index (χ3v) is 1.58. The highest BCUT2D eigenvalue weighted by molar-refractivity contribution is 7.81. The summed E-state index contributed by atoms with van der Waals surface area (Å²) < 4.78 is 31.9. The van der Waals surface area contributed by atoms with E-state index in [-0.39, 0.29) is 6.29 Å². The van der Waals surface area contributed by atoms with Crippen molar-refractivity contribution >= 4 is 22.5 Å². The Bertz CT molecular complexity index is 306. The van der Waals surface area contributed by atoms with Crippen LogP contribution in [-0.4, -0.2) is 54.1 Å². The molecule has 0 bridgehead atoms. The van der Waals surface area contributed by atoms with Gasteiger partial charge in [-0.2, -0.15) is 8.42 Å². The average Bonchev–Trinajstić information content (AvgIpc) is 2.10. The zero-order valence-corrected chi connectivity index (χ0v) is 7.55. The second-order valence-corrected chi connectivity index (χ2v) is 3.23. The summed E-state index contributed by atoms with van der Waals surface area (Å²) in [4.78, 5) is 21.0. The normalized spacial score (nSPS) is 15.9. The van der Waals surface area contributed by atoms with Crippen molar-refractivity contribution in [3.8, 4) is 0 Å². The molecule has 82 valence electrons. The molecule has 9 heteroatoms. The lowest BCUT2D eigenvalue weighted by Gasteiger charge is -2.10. The molecule has 3 N–H and O–H groups in total. The van der Waals surface area contributed by atoms with Crippen LogP contribution in [0, 0.1) is 0 Å². The molecule has 0 aromatic rings. The fraction of sp³-hybridized carbons (Fsp3) is 0.600. The van der Waals surface area contributed by atoms with E-state index in [4.69, 9.17) is 14.8 Å². The summed E-state index contributed by atoms with van der Waals surface area (Å²) in [6.45, 7) is -0.988. The Morgan fingerprint density at radius 2 is 2.00 bits per heavy atom. The van der Waals surface area contributed by atoms with Crippen LogP contribution in [0.1, 0.15) is 0 Å². The molecule has 0 aliphatic rings. The van der Waals surface area contributed by atoms with Crippen molar-refractivity contribution < 1.29 is 37.0 Å². The summed E-state index contributed by atoms with van der Waals surface area (Å²) in [5, 5.41) is 17.0. The minimum Gasteiger partial charge on any atom is -0.393 e. The molecule has 0 radical (unpaired) electrons. The highest BCUT2D eigenvalue weighted by Crippen LogP contribution is 2.00. The maximum atomic E-state index is 10.8. The number of hydrogen-bond donors (Lipinski definition) is 3. The fourth-order valence-electron chi connectivity index (χ4n) is 0.548. The zero-order chi connectivity index (χ0) is 11.4. The Labute approximate surface area is 79.1 Å². The first-order valence-electron chi connectivity index (χ1n) is 3.25. The van der Waals surface area contributed by atoms with Crippen molar-refractivity contribution in [2.75, 3.05) is 6.61 Å². The molecule has 0 aliphatic heterocycles. The van der Waals surface area contributed by atoms with Gasteiger partial charge in [-0.05, 0) is 0 Å². The number of carbonyl (C=O) groups excluding carboxylic acids is 2. The summed E-state index contributed by atoms with van der Waals surface area (Å²) in [6.07, 6.45) is -4.33. The second-order valence-electron chi connectivity index (χ2n) is 2.18. The number of carbonyl (C=O) groups is 2. The summed E-state index contributed by atoms with van der Waals surface area (Å²) in [5.74, 6) is -1.36. The van der Waals surface area contributed by atoms with Crippen molar-refractivity contribution in [3.05, 3.63) is 0 Å². The molecular formula is C5H8O8S. The molecule has 0 spiro atoms. The fourth-order valence-corrected chi connectivity index (χ4v) is 0.950. The molecule has 14 heavy (non-hydrogen) atoms. The lowest BCUT2D eigenvalue weighted by Crippen LogP contribution is -2.38. The molecule has 0 aromatic heterocycles. The number of ketones is 1. The Kier molecular flexibility index (Phi) is 4.80. The Balaban J connectivity index is 4.58. The summed E-state index contributed by atoms with van der Waals surface area (Å²) in [7, 11) is -4.97. The molecule has 0 heterocycles. The molecule has 0 amide bonds. The minimum atomic E-state index is -4.97. The van der Waals surface area contributed by atoms with Crippen LogP contribution in [0.5, 0.6) is 0 Å². The number of aldehydes is 1. The smallest absolute Gasteiger partial charge is 0.393 e. The molecule has 0 saturated carbocycles. The van der Waals surface area contributed by atoms with Crippen molar-refractivity contribution in [1.29, 1.82) is 0 Å². The van der Waals surface area contributed by atoms with Gasteiger partial charge >= 0.3 is 10.4 Å². The first kappa shape index (κ1) is 13.1. The monoisotopic (exact) mass is 228 g/mol. The predicted octanol–water partition coefficient (Wildman–Crippen LogP) is -2.70. The number of aliphatic hydroxyl groups excluding tert-OH is 2. The van der Waals surface area contributed by atoms with Crippen molar-refractivity contribution in [1.82, 2.24) is 0 Å².